The molecule has 0 radical (unpaired) electrons. The molecule has 2 saturated heterocycles. The lowest BCUT2D eigenvalue weighted by Crippen LogP contribution is -2.49. The summed E-state index contributed by atoms with van der Waals surface area (Å²) in [6.45, 7) is 4.42. The molecular weight excluding hydrogens is 174 g/mol. The van der Waals surface area contributed by atoms with E-state index in [0.29, 0.717) is 0 Å². The maximum Gasteiger partial charge on any atom is 0.0108 e. The topological polar surface area (TPSA) is 50.1 Å². The third-order valence-corrected chi connectivity index (χ3v) is 3.79. The Balaban J connectivity index is 1.76. The van der Waals surface area contributed by atoms with Crippen LogP contribution in [0.15, 0.2) is 0 Å². The van der Waals surface area contributed by atoms with Crippen LogP contribution in [0.4, 0.5) is 0 Å². The van der Waals surface area contributed by atoms with E-state index in [2.05, 4.69) is 10.6 Å². The van der Waals surface area contributed by atoms with E-state index in [1.165, 1.54) is 38.8 Å². The molecule has 4 N–H and O–H groups in total. The van der Waals surface area contributed by atoms with Gasteiger partial charge in [0.05, 0.1) is 0 Å². The van der Waals surface area contributed by atoms with Gasteiger partial charge in [0.15, 0.2) is 0 Å². The lowest BCUT2D eigenvalue weighted by molar-refractivity contribution is 0.217. The normalized spacial score (nSPS) is 39.6. The van der Waals surface area contributed by atoms with Crippen molar-refractivity contribution in [1.82, 2.24) is 10.6 Å². The fourth-order valence-electron chi connectivity index (χ4n) is 2.76. The molecule has 2 heterocycles. The van der Waals surface area contributed by atoms with Gasteiger partial charge in [-0.2, -0.15) is 0 Å². The van der Waals surface area contributed by atoms with E-state index in [1.54, 1.807) is 0 Å². The Kier molecular flexibility index (Phi) is 3.79. The first-order chi connectivity index (χ1) is 6.90. The highest BCUT2D eigenvalue weighted by atomic mass is 15.0. The van der Waals surface area contributed by atoms with Crippen LogP contribution in [0.1, 0.15) is 25.7 Å². The highest BCUT2D eigenvalue weighted by Gasteiger charge is 2.27. The van der Waals surface area contributed by atoms with Gasteiger partial charge in [-0.3, -0.25) is 0 Å². The summed E-state index contributed by atoms with van der Waals surface area (Å²) in [5.74, 6) is 1.59. The van der Waals surface area contributed by atoms with Gasteiger partial charge in [0.1, 0.15) is 0 Å². The second-order valence-electron chi connectivity index (χ2n) is 4.80. The SMILES string of the molecule is NCC1CCC(C2CCCNC2)NC1. The number of hydrogen-bond donors (Lipinski definition) is 3. The molecule has 2 aliphatic heterocycles. The molecule has 2 rings (SSSR count). The average molecular weight is 197 g/mol. The third kappa shape index (κ3) is 2.47. The minimum Gasteiger partial charge on any atom is -0.330 e. The molecule has 3 atom stereocenters. The lowest BCUT2D eigenvalue weighted by Gasteiger charge is -2.36. The summed E-state index contributed by atoms with van der Waals surface area (Å²) < 4.78 is 0. The number of hydrogen-bond acceptors (Lipinski definition) is 3. The molecule has 0 aromatic heterocycles. The molecule has 3 heteroatoms. The van der Waals surface area contributed by atoms with Crippen LogP contribution >= 0.6 is 0 Å². The largest absolute Gasteiger partial charge is 0.330 e. The van der Waals surface area contributed by atoms with Crippen LogP contribution in [-0.2, 0) is 0 Å². The Morgan fingerprint density at radius 1 is 1.14 bits per heavy atom. The lowest BCUT2D eigenvalue weighted by atomic mass is 9.84. The predicted octanol–water partition coefficient (Wildman–Crippen LogP) is 0.313. The molecule has 3 unspecified atom stereocenters. The minimum atomic E-state index is 0.725. The smallest absolute Gasteiger partial charge is 0.0108 e. The van der Waals surface area contributed by atoms with E-state index in [1.807, 2.05) is 0 Å². The van der Waals surface area contributed by atoms with Crippen LogP contribution in [0, 0.1) is 11.8 Å². The summed E-state index contributed by atoms with van der Waals surface area (Å²) in [7, 11) is 0. The monoisotopic (exact) mass is 197 g/mol. The van der Waals surface area contributed by atoms with E-state index in [-0.39, 0.29) is 0 Å². The van der Waals surface area contributed by atoms with Gasteiger partial charge in [-0.25, -0.2) is 0 Å². The van der Waals surface area contributed by atoms with Crippen molar-refractivity contribution in [2.45, 2.75) is 31.7 Å². The maximum atomic E-state index is 5.67. The van der Waals surface area contributed by atoms with Crippen LogP contribution in [0.3, 0.4) is 0 Å². The van der Waals surface area contributed by atoms with Crippen LogP contribution in [-0.4, -0.2) is 32.2 Å². The number of nitrogens with two attached hydrogens (primary N) is 1. The van der Waals surface area contributed by atoms with Gasteiger partial charge < -0.3 is 16.4 Å². The van der Waals surface area contributed by atoms with Gasteiger partial charge in [-0.1, -0.05) is 0 Å². The highest BCUT2D eigenvalue weighted by Crippen LogP contribution is 2.23. The van der Waals surface area contributed by atoms with Gasteiger partial charge in [-0.15, -0.1) is 0 Å². The summed E-state index contributed by atoms with van der Waals surface area (Å²) in [4.78, 5) is 0. The maximum absolute atomic E-state index is 5.67. The zero-order valence-electron chi connectivity index (χ0n) is 8.97. The molecule has 0 aliphatic carbocycles. The van der Waals surface area contributed by atoms with Crippen molar-refractivity contribution in [3.8, 4) is 0 Å². The number of rotatable bonds is 2. The molecular formula is C11H23N3. The van der Waals surface area contributed by atoms with Crippen molar-refractivity contribution in [2.24, 2.45) is 17.6 Å². The predicted molar refractivity (Wildman–Crippen MR) is 59.2 cm³/mol. The summed E-state index contributed by atoms with van der Waals surface area (Å²) >= 11 is 0. The second-order valence-corrected chi connectivity index (χ2v) is 4.80. The van der Waals surface area contributed by atoms with Gasteiger partial charge >= 0.3 is 0 Å². The van der Waals surface area contributed by atoms with Gasteiger partial charge in [0.2, 0.25) is 0 Å². The van der Waals surface area contributed by atoms with Crippen molar-refractivity contribution < 1.29 is 0 Å². The molecule has 82 valence electrons. The zero-order valence-corrected chi connectivity index (χ0v) is 8.97. The standard InChI is InChI=1S/C11H23N3/c12-6-9-3-4-11(14-7-9)10-2-1-5-13-8-10/h9-11,13-14H,1-8,12H2. The molecule has 0 bridgehead atoms. The molecule has 0 amide bonds. The molecule has 14 heavy (non-hydrogen) atoms. The average Bonchev–Trinajstić information content (AvgIpc) is 2.30. The Bertz CT molecular complexity index is 158. The first-order valence-corrected chi connectivity index (χ1v) is 6.04. The van der Waals surface area contributed by atoms with Gasteiger partial charge in [-0.05, 0) is 63.7 Å². The van der Waals surface area contributed by atoms with E-state index in [9.17, 15) is 0 Å². The third-order valence-electron chi connectivity index (χ3n) is 3.79. The molecule has 0 aromatic carbocycles. The summed E-state index contributed by atoms with van der Waals surface area (Å²) in [6.07, 6.45) is 5.40. The van der Waals surface area contributed by atoms with Crippen LogP contribution in [0.25, 0.3) is 0 Å². The van der Waals surface area contributed by atoms with Crippen LogP contribution in [0.2, 0.25) is 0 Å². The number of piperidine rings is 2. The van der Waals surface area contributed by atoms with Crippen LogP contribution in [0.5, 0.6) is 0 Å². The quantitative estimate of drug-likeness (QED) is 0.597. The number of nitrogens with one attached hydrogen (secondary N) is 2. The van der Waals surface area contributed by atoms with Gasteiger partial charge in [0, 0.05) is 6.04 Å². The molecule has 2 fully saturated rings. The van der Waals surface area contributed by atoms with Crippen molar-refractivity contribution in [3.05, 3.63) is 0 Å². The Morgan fingerprint density at radius 2 is 2.07 bits per heavy atom. The van der Waals surface area contributed by atoms with Crippen molar-refractivity contribution >= 4 is 0 Å². The van der Waals surface area contributed by atoms with Crippen molar-refractivity contribution in [1.29, 1.82) is 0 Å². The van der Waals surface area contributed by atoms with Crippen LogP contribution < -0.4 is 16.4 Å². The van der Waals surface area contributed by atoms with E-state index < -0.39 is 0 Å². The summed E-state index contributed by atoms with van der Waals surface area (Å²) in [5.41, 5.74) is 5.67. The fourth-order valence-corrected chi connectivity index (χ4v) is 2.76. The van der Waals surface area contributed by atoms with Crippen molar-refractivity contribution in [3.63, 3.8) is 0 Å². The first kappa shape index (κ1) is 10.4. The van der Waals surface area contributed by atoms with Gasteiger partial charge in [0.25, 0.3) is 0 Å². The van der Waals surface area contributed by atoms with E-state index in [0.717, 1.165) is 31.0 Å². The first-order valence-electron chi connectivity index (χ1n) is 6.04. The highest BCUT2D eigenvalue weighted by molar-refractivity contribution is 4.86. The molecule has 0 spiro atoms. The summed E-state index contributed by atoms with van der Waals surface area (Å²) in [5, 5.41) is 7.16. The molecule has 3 nitrogen and oxygen atoms in total. The molecule has 0 saturated carbocycles. The van der Waals surface area contributed by atoms with E-state index in [4.69, 9.17) is 5.73 Å². The summed E-state index contributed by atoms with van der Waals surface area (Å²) in [6, 6.07) is 0.755. The molecule has 0 aromatic rings. The van der Waals surface area contributed by atoms with Crippen molar-refractivity contribution in [2.75, 3.05) is 26.2 Å². The Labute approximate surface area is 86.8 Å². The zero-order chi connectivity index (χ0) is 9.80. The fraction of sp³-hybridized carbons (Fsp3) is 1.00. The minimum absolute atomic E-state index is 0.725. The second kappa shape index (κ2) is 5.10. The Morgan fingerprint density at radius 3 is 2.64 bits per heavy atom. The Hall–Kier alpha value is -0.120. The molecule has 2 aliphatic rings. The van der Waals surface area contributed by atoms with E-state index >= 15 is 0 Å².